The van der Waals surface area contributed by atoms with E-state index in [0.29, 0.717) is 11.1 Å². The summed E-state index contributed by atoms with van der Waals surface area (Å²) in [5.74, 6) is 1.35. The number of piperidine rings is 1. The highest BCUT2D eigenvalue weighted by atomic mass is 16.1. The molecule has 0 spiro atoms. The average molecular weight is 270 g/mol. The van der Waals surface area contributed by atoms with Crippen LogP contribution in [-0.2, 0) is 5.54 Å². The minimum absolute atomic E-state index is 0.0264. The highest BCUT2D eigenvalue weighted by Crippen LogP contribution is 2.51. The molecule has 2 aliphatic rings. The van der Waals surface area contributed by atoms with Crippen LogP contribution in [0, 0.1) is 5.92 Å². The SMILES string of the molecule is CN1CC2CCC1(c1nc3c(C(N)=O)cccc3[nH]1)C2. The molecule has 3 N–H and O–H groups in total. The van der Waals surface area contributed by atoms with Gasteiger partial charge in [-0.3, -0.25) is 9.69 Å². The molecule has 1 aliphatic heterocycles. The third-order valence-corrected chi connectivity index (χ3v) is 5.07. The van der Waals surface area contributed by atoms with Crippen LogP contribution in [0.4, 0.5) is 0 Å². The number of fused-ring (bicyclic) bond motifs is 3. The molecule has 1 aliphatic carbocycles. The van der Waals surface area contributed by atoms with Crippen LogP contribution in [0.5, 0.6) is 0 Å². The van der Waals surface area contributed by atoms with E-state index in [-0.39, 0.29) is 5.54 Å². The van der Waals surface area contributed by atoms with Crippen LogP contribution >= 0.6 is 0 Å². The molecule has 2 atom stereocenters. The molecule has 104 valence electrons. The van der Waals surface area contributed by atoms with E-state index in [1.807, 2.05) is 12.1 Å². The second kappa shape index (κ2) is 3.82. The zero-order chi connectivity index (χ0) is 13.9. The van der Waals surface area contributed by atoms with Crippen LogP contribution < -0.4 is 5.73 Å². The summed E-state index contributed by atoms with van der Waals surface area (Å²) in [7, 11) is 2.17. The van der Waals surface area contributed by atoms with Crippen molar-refractivity contribution in [3.05, 3.63) is 29.6 Å². The number of amides is 1. The average Bonchev–Trinajstić information content (AvgIpc) is 3.08. The van der Waals surface area contributed by atoms with E-state index >= 15 is 0 Å². The second-order valence-corrected chi connectivity index (χ2v) is 6.17. The number of rotatable bonds is 2. The minimum Gasteiger partial charge on any atom is -0.366 e. The number of aromatic amines is 1. The van der Waals surface area contributed by atoms with Gasteiger partial charge in [0.2, 0.25) is 0 Å². The highest BCUT2D eigenvalue weighted by molar-refractivity contribution is 6.04. The zero-order valence-corrected chi connectivity index (χ0v) is 11.5. The van der Waals surface area contributed by atoms with Crippen molar-refractivity contribution in [3.63, 3.8) is 0 Å². The van der Waals surface area contributed by atoms with Gasteiger partial charge >= 0.3 is 0 Å². The van der Waals surface area contributed by atoms with E-state index in [1.165, 1.54) is 6.42 Å². The van der Waals surface area contributed by atoms with Gasteiger partial charge in [0.25, 0.3) is 5.91 Å². The summed E-state index contributed by atoms with van der Waals surface area (Å²) < 4.78 is 0. The van der Waals surface area contributed by atoms with Gasteiger partial charge < -0.3 is 10.7 Å². The van der Waals surface area contributed by atoms with Gasteiger partial charge in [0.05, 0.1) is 16.6 Å². The van der Waals surface area contributed by atoms with Crippen molar-refractivity contribution in [2.24, 2.45) is 11.7 Å². The fraction of sp³-hybridized carbons (Fsp3) is 0.467. The Hall–Kier alpha value is -1.88. The molecule has 1 saturated carbocycles. The predicted octanol–water partition coefficient (Wildman–Crippen LogP) is 1.60. The molecule has 5 nitrogen and oxygen atoms in total. The Morgan fingerprint density at radius 3 is 3.05 bits per heavy atom. The van der Waals surface area contributed by atoms with Gasteiger partial charge in [-0.25, -0.2) is 4.98 Å². The molecule has 1 aromatic carbocycles. The summed E-state index contributed by atoms with van der Waals surface area (Å²) in [5, 5.41) is 0. The fourth-order valence-corrected chi connectivity index (χ4v) is 4.04. The lowest BCUT2D eigenvalue weighted by atomic mass is 9.96. The Balaban J connectivity index is 1.90. The van der Waals surface area contributed by atoms with Gasteiger partial charge in [0.15, 0.2) is 0 Å². The molecular weight excluding hydrogens is 252 g/mol. The molecule has 2 heterocycles. The van der Waals surface area contributed by atoms with Crippen LogP contribution in [0.25, 0.3) is 11.0 Å². The topological polar surface area (TPSA) is 75.0 Å². The molecule has 1 saturated heterocycles. The molecule has 2 aromatic rings. The Morgan fingerprint density at radius 2 is 2.40 bits per heavy atom. The predicted molar refractivity (Wildman–Crippen MR) is 76.3 cm³/mol. The summed E-state index contributed by atoms with van der Waals surface area (Å²) in [6.45, 7) is 1.14. The minimum atomic E-state index is -0.421. The van der Waals surface area contributed by atoms with Crippen molar-refractivity contribution in [1.29, 1.82) is 0 Å². The van der Waals surface area contributed by atoms with Crippen molar-refractivity contribution in [2.75, 3.05) is 13.6 Å². The number of hydrogen-bond donors (Lipinski definition) is 2. The number of primary amides is 1. The first-order valence-corrected chi connectivity index (χ1v) is 7.10. The van der Waals surface area contributed by atoms with E-state index in [1.54, 1.807) is 6.07 Å². The molecule has 20 heavy (non-hydrogen) atoms. The third kappa shape index (κ3) is 1.41. The Kier molecular flexibility index (Phi) is 2.27. The van der Waals surface area contributed by atoms with E-state index < -0.39 is 5.91 Å². The second-order valence-electron chi connectivity index (χ2n) is 6.17. The lowest BCUT2D eigenvalue weighted by molar-refractivity contribution is 0.100. The van der Waals surface area contributed by atoms with Crippen molar-refractivity contribution >= 4 is 16.9 Å². The van der Waals surface area contributed by atoms with Crippen molar-refractivity contribution < 1.29 is 4.79 Å². The first-order valence-electron chi connectivity index (χ1n) is 7.10. The first-order chi connectivity index (χ1) is 9.60. The zero-order valence-electron chi connectivity index (χ0n) is 11.5. The standard InChI is InChI=1S/C15H18N4O/c1-19-8-9-5-6-15(19,7-9)14-17-11-4-2-3-10(13(16)20)12(11)18-14/h2-4,9H,5-8H2,1H3,(H2,16,20)(H,17,18). The highest BCUT2D eigenvalue weighted by Gasteiger charge is 2.51. The number of benzene rings is 1. The molecular formula is C15H18N4O. The number of hydrogen-bond acceptors (Lipinski definition) is 3. The Bertz CT molecular complexity index is 707. The first kappa shape index (κ1) is 11.9. The van der Waals surface area contributed by atoms with Crippen LogP contribution in [0.3, 0.4) is 0 Å². The Morgan fingerprint density at radius 1 is 1.55 bits per heavy atom. The number of carbonyl (C=O) groups excluding carboxylic acids is 1. The molecule has 2 fully saturated rings. The van der Waals surface area contributed by atoms with Gasteiger partial charge in [-0.2, -0.15) is 0 Å². The maximum absolute atomic E-state index is 11.5. The third-order valence-electron chi connectivity index (χ3n) is 5.07. The van der Waals surface area contributed by atoms with E-state index in [9.17, 15) is 4.79 Å². The fourth-order valence-electron chi connectivity index (χ4n) is 4.04. The van der Waals surface area contributed by atoms with Crippen LogP contribution in [0.2, 0.25) is 0 Å². The van der Waals surface area contributed by atoms with Crippen LogP contribution in [0.15, 0.2) is 18.2 Å². The number of aromatic nitrogens is 2. The quantitative estimate of drug-likeness (QED) is 0.870. The number of H-pyrrole nitrogens is 1. The van der Waals surface area contributed by atoms with Gasteiger partial charge in [-0.1, -0.05) is 6.07 Å². The summed E-state index contributed by atoms with van der Waals surface area (Å²) in [5.41, 5.74) is 7.56. The van der Waals surface area contributed by atoms with Crippen molar-refractivity contribution in [1.82, 2.24) is 14.9 Å². The molecule has 4 rings (SSSR count). The summed E-state index contributed by atoms with van der Waals surface area (Å²) >= 11 is 0. The summed E-state index contributed by atoms with van der Waals surface area (Å²) in [4.78, 5) is 22.1. The van der Waals surface area contributed by atoms with E-state index in [0.717, 1.165) is 36.6 Å². The lowest BCUT2D eigenvalue weighted by Crippen LogP contribution is -2.40. The molecule has 1 aromatic heterocycles. The smallest absolute Gasteiger partial charge is 0.250 e. The van der Waals surface area contributed by atoms with Gasteiger partial charge in [-0.15, -0.1) is 0 Å². The maximum atomic E-state index is 11.5. The summed E-state index contributed by atoms with van der Waals surface area (Å²) in [6, 6.07) is 5.54. The van der Waals surface area contributed by atoms with Crippen molar-refractivity contribution in [2.45, 2.75) is 24.8 Å². The van der Waals surface area contributed by atoms with Gasteiger partial charge in [0.1, 0.15) is 11.3 Å². The number of para-hydroxylation sites is 1. The maximum Gasteiger partial charge on any atom is 0.250 e. The molecule has 2 bridgehead atoms. The number of nitrogens with zero attached hydrogens (tertiary/aromatic N) is 2. The number of likely N-dealkylation sites (tertiary alicyclic amines) is 1. The Labute approximate surface area is 117 Å². The van der Waals surface area contributed by atoms with Crippen LogP contribution in [0.1, 0.15) is 35.4 Å². The van der Waals surface area contributed by atoms with Gasteiger partial charge in [-0.05, 0) is 44.4 Å². The van der Waals surface area contributed by atoms with Gasteiger partial charge in [0, 0.05) is 6.54 Å². The normalized spacial score (nSPS) is 29.4. The molecule has 2 unspecified atom stereocenters. The molecule has 5 heteroatoms. The molecule has 0 radical (unpaired) electrons. The van der Waals surface area contributed by atoms with Crippen molar-refractivity contribution in [3.8, 4) is 0 Å². The monoisotopic (exact) mass is 270 g/mol. The molecule has 1 amide bonds. The number of nitrogens with one attached hydrogen (secondary N) is 1. The number of carbonyl (C=O) groups is 1. The number of imidazole rings is 1. The number of nitrogens with two attached hydrogens (primary N) is 1. The largest absolute Gasteiger partial charge is 0.366 e. The van der Waals surface area contributed by atoms with E-state index in [4.69, 9.17) is 10.7 Å². The summed E-state index contributed by atoms with van der Waals surface area (Å²) in [6.07, 6.45) is 3.57. The lowest BCUT2D eigenvalue weighted by Gasteiger charge is -2.34. The van der Waals surface area contributed by atoms with Crippen LogP contribution in [-0.4, -0.2) is 34.4 Å². The van der Waals surface area contributed by atoms with E-state index in [2.05, 4.69) is 16.9 Å².